The molecule has 2 heterocycles. The highest BCUT2D eigenvalue weighted by atomic mass is 16.2. The Bertz CT molecular complexity index is 1180. The summed E-state index contributed by atoms with van der Waals surface area (Å²) >= 11 is 0. The molecule has 1 fully saturated rings. The lowest BCUT2D eigenvalue weighted by molar-refractivity contribution is 0.0680. The SMILES string of the molecule is Cc1cc2c(cc1C)C(=O)N(CC1CCCCCN(CCCc3ccc4ccccc4c3)C1)CC2. The average molecular weight is 469 g/mol. The Morgan fingerprint density at radius 3 is 2.60 bits per heavy atom. The molecule has 3 heteroatoms. The third-order valence-electron chi connectivity index (χ3n) is 8.22. The number of rotatable bonds is 6. The van der Waals surface area contributed by atoms with Gasteiger partial charge in [0.2, 0.25) is 0 Å². The van der Waals surface area contributed by atoms with Gasteiger partial charge in [0.15, 0.2) is 0 Å². The first-order valence-electron chi connectivity index (χ1n) is 13.7. The van der Waals surface area contributed by atoms with Crippen LogP contribution in [0, 0.1) is 19.8 Å². The van der Waals surface area contributed by atoms with Gasteiger partial charge in [-0.3, -0.25) is 4.79 Å². The zero-order valence-electron chi connectivity index (χ0n) is 21.6. The smallest absolute Gasteiger partial charge is 0.254 e. The van der Waals surface area contributed by atoms with Crippen LogP contribution in [-0.2, 0) is 12.8 Å². The normalized spacial score (nSPS) is 19.4. The van der Waals surface area contributed by atoms with Crippen LogP contribution in [0.25, 0.3) is 10.8 Å². The lowest BCUT2D eigenvalue weighted by Gasteiger charge is -2.35. The first-order chi connectivity index (χ1) is 17.1. The molecule has 0 bridgehead atoms. The monoisotopic (exact) mass is 468 g/mol. The Morgan fingerprint density at radius 2 is 1.71 bits per heavy atom. The van der Waals surface area contributed by atoms with Crippen molar-refractivity contribution in [1.29, 1.82) is 0 Å². The topological polar surface area (TPSA) is 23.6 Å². The molecule has 0 N–H and O–H groups in total. The number of hydrogen-bond donors (Lipinski definition) is 0. The molecule has 0 radical (unpaired) electrons. The van der Waals surface area contributed by atoms with Crippen LogP contribution in [0.1, 0.15) is 64.7 Å². The Balaban J connectivity index is 1.18. The van der Waals surface area contributed by atoms with E-state index >= 15 is 0 Å². The van der Waals surface area contributed by atoms with Crippen molar-refractivity contribution in [2.45, 2.75) is 58.8 Å². The highest BCUT2D eigenvalue weighted by Gasteiger charge is 2.28. The van der Waals surface area contributed by atoms with Gasteiger partial charge >= 0.3 is 0 Å². The fourth-order valence-electron chi connectivity index (χ4n) is 6.04. The molecule has 2 aliphatic rings. The van der Waals surface area contributed by atoms with Gasteiger partial charge in [-0.15, -0.1) is 0 Å². The van der Waals surface area contributed by atoms with Crippen molar-refractivity contribution in [3.63, 3.8) is 0 Å². The largest absolute Gasteiger partial charge is 0.338 e. The molecule has 1 atom stereocenters. The van der Waals surface area contributed by atoms with Gasteiger partial charge in [-0.05, 0) is 104 Å². The number of fused-ring (bicyclic) bond motifs is 2. The number of amides is 1. The van der Waals surface area contributed by atoms with Gasteiger partial charge in [0.25, 0.3) is 5.91 Å². The molecule has 35 heavy (non-hydrogen) atoms. The molecule has 3 nitrogen and oxygen atoms in total. The molecule has 3 aromatic rings. The van der Waals surface area contributed by atoms with E-state index in [0.717, 1.165) is 44.6 Å². The van der Waals surface area contributed by atoms with Crippen LogP contribution in [0.3, 0.4) is 0 Å². The van der Waals surface area contributed by atoms with Gasteiger partial charge in [-0.1, -0.05) is 61.4 Å². The molecule has 3 aromatic carbocycles. The molecule has 0 saturated carbocycles. The molecular weight excluding hydrogens is 428 g/mol. The Kier molecular flexibility index (Phi) is 7.53. The number of benzene rings is 3. The second-order valence-electron chi connectivity index (χ2n) is 10.9. The van der Waals surface area contributed by atoms with E-state index < -0.39 is 0 Å². The van der Waals surface area contributed by atoms with Crippen LogP contribution in [0.15, 0.2) is 54.6 Å². The van der Waals surface area contributed by atoms with Crippen LogP contribution in [0.2, 0.25) is 0 Å². The summed E-state index contributed by atoms with van der Waals surface area (Å²) < 4.78 is 0. The van der Waals surface area contributed by atoms with Crippen LogP contribution >= 0.6 is 0 Å². The second kappa shape index (κ2) is 11.0. The second-order valence-corrected chi connectivity index (χ2v) is 10.9. The fourth-order valence-corrected chi connectivity index (χ4v) is 6.04. The predicted molar refractivity (Wildman–Crippen MR) is 146 cm³/mol. The highest BCUT2D eigenvalue weighted by Crippen LogP contribution is 2.26. The Hall–Kier alpha value is -2.65. The molecule has 5 rings (SSSR count). The minimum absolute atomic E-state index is 0.249. The number of likely N-dealkylation sites (tertiary alicyclic amines) is 1. The molecule has 0 aromatic heterocycles. The molecule has 1 saturated heterocycles. The average Bonchev–Trinajstić information content (AvgIpc) is 2.84. The van der Waals surface area contributed by atoms with E-state index in [2.05, 4.69) is 78.2 Å². The van der Waals surface area contributed by atoms with E-state index in [0.29, 0.717) is 5.92 Å². The summed E-state index contributed by atoms with van der Waals surface area (Å²) in [6, 6.07) is 19.9. The third-order valence-corrected chi connectivity index (χ3v) is 8.22. The number of carbonyl (C=O) groups excluding carboxylic acids is 1. The Labute approximate surface area is 211 Å². The maximum absolute atomic E-state index is 13.3. The van der Waals surface area contributed by atoms with Gasteiger partial charge in [0, 0.05) is 25.2 Å². The van der Waals surface area contributed by atoms with E-state index in [-0.39, 0.29) is 5.91 Å². The van der Waals surface area contributed by atoms with Crippen LogP contribution in [0.4, 0.5) is 0 Å². The van der Waals surface area contributed by atoms with Gasteiger partial charge in [0.1, 0.15) is 0 Å². The number of nitrogens with zero attached hydrogens (tertiary/aromatic N) is 2. The van der Waals surface area contributed by atoms with Crippen molar-refractivity contribution in [3.05, 3.63) is 82.4 Å². The van der Waals surface area contributed by atoms with Crippen LogP contribution in [0.5, 0.6) is 0 Å². The van der Waals surface area contributed by atoms with Crippen molar-refractivity contribution in [3.8, 4) is 0 Å². The van der Waals surface area contributed by atoms with Gasteiger partial charge in [0.05, 0.1) is 0 Å². The zero-order valence-corrected chi connectivity index (χ0v) is 21.6. The molecule has 184 valence electrons. The minimum atomic E-state index is 0.249. The van der Waals surface area contributed by atoms with E-state index in [4.69, 9.17) is 0 Å². The predicted octanol–water partition coefficient (Wildman–Crippen LogP) is 6.58. The zero-order chi connectivity index (χ0) is 24.2. The maximum atomic E-state index is 13.3. The summed E-state index contributed by atoms with van der Waals surface area (Å²) in [5.41, 5.74) is 6.14. The van der Waals surface area contributed by atoms with E-state index in [9.17, 15) is 4.79 Å². The summed E-state index contributed by atoms with van der Waals surface area (Å²) in [5.74, 6) is 0.826. The first-order valence-corrected chi connectivity index (χ1v) is 13.7. The van der Waals surface area contributed by atoms with Crippen molar-refractivity contribution in [1.82, 2.24) is 9.80 Å². The fraction of sp³-hybridized carbons (Fsp3) is 0.469. The van der Waals surface area contributed by atoms with Crippen molar-refractivity contribution < 1.29 is 4.79 Å². The van der Waals surface area contributed by atoms with E-state index in [1.165, 1.54) is 71.7 Å². The summed E-state index contributed by atoms with van der Waals surface area (Å²) in [6.45, 7) is 9.52. The molecular formula is C32H40N2O. The first kappa shape index (κ1) is 24.1. The van der Waals surface area contributed by atoms with Gasteiger partial charge in [-0.2, -0.15) is 0 Å². The van der Waals surface area contributed by atoms with Gasteiger partial charge in [-0.25, -0.2) is 0 Å². The van der Waals surface area contributed by atoms with Gasteiger partial charge < -0.3 is 9.80 Å². The summed E-state index contributed by atoms with van der Waals surface area (Å²) in [4.78, 5) is 18.2. The van der Waals surface area contributed by atoms with Crippen molar-refractivity contribution in [2.75, 3.05) is 32.7 Å². The quantitative estimate of drug-likeness (QED) is 0.408. The number of carbonyl (C=O) groups is 1. The van der Waals surface area contributed by atoms with E-state index in [1.54, 1.807) is 0 Å². The van der Waals surface area contributed by atoms with Crippen molar-refractivity contribution >= 4 is 16.7 Å². The third kappa shape index (κ3) is 5.78. The standard InChI is InChI=1S/C32H40N2O/c1-24-19-30-15-18-34(32(35)31(30)20-25(24)2)23-27-9-4-3-7-16-33(22-27)17-8-10-26-13-14-28-11-5-6-12-29(28)21-26/h5-6,11-14,19-21,27H,3-4,7-10,15-18,22-23H2,1-2H3. The molecule has 0 aliphatic carbocycles. The number of hydrogen-bond acceptors (Lipinski definition) is 2. The number of aryl methyl sites for hydroxylation is 3. The summed E-state index contributed by atoms with van der Waals surface area (Å²) in [6.07, 6.45) is 8.47. The molecule has 0 spiro atoms. The minimum Gasteiger partial charge on any atom is -0.338 e. The molecule has 1 amide bonds. The maximum Gasteiger partial charge on any atom is 0.254 e. The lowest BCUT2D eigenvalue weighted by Crippen LogP contribution is -2.44. The summed E-state index contributed by atoms with van der Waals surface area (Å²) in [7, 11) is 0. The lowest BCUT2D eigenvalue weighted by atomic mass is 9.92. The summed E-state index contributed by atoms with van der Waals surface area (Å²) in [5, 5.41) is 2.66. The molecule has 2 aliphatic heterocycles. The van der Waals surface area contributed by atoms with E-state index in [1.807, 2.05) is 0 Å². The van der Waals surface area contributed by atoms with Crippen molar-refractivity contribution in [2.24, 2.45) is 5.92 Å². The van der Waals surface area contributed by atoms with Crippen LogP contribution in [-0.4, -0.2) is 48.4 Å². The Morgan fingerprint density at radius 1 is 0.886 bits per heavy atom. The highest BCUT2D eigenvalue weighted by molar-refractivity contribution is 5.97. The molecule has 1 unspecified atom stereocenters. The van der Waals surface area contributed by atoms with Crippen LogP contribution < -0.4 is 0 Å².